The minimum atomic E-state index is -0.0370. The number of likely N-dealkylation sites (N-methyl/N-ethyl adjacent to an activating group) is 1. The second kappa shape index (κ2) is 6.58. The van der Waals surface area contributed by atoms with Crippen LogP contribution in [0.15, 0.2) is 12.3 Å². The molecule has 5 aliphatic rings. The van der Waals surface area contributed by atoms with Crippen LogP contribution in [0.2, 0.25) is 0 Å². The van der Waals surface area contributed by atoms with Crippen molar-refractivity contribution in [2.24, 2.45) is 11.8 Å². The van der Waals surface area contributed by atoms with E-state index in [0.717, 1.165) is 19.3 Å². The first-order valence-electron chi connectivity index (χ1n) is 10.6. The molecule has 2 bridgehead atoms. The number of rotatable bonds is 6. The number of nitrogens with zero attached hydrogens (tertiary/aromatic N) is 4. The molecule has 1 aromatic rings. The van der Waals surface area contributed by atoms with E-state index in [-0.39, 0.29) is 35.9 Å². The molecule has 1 aromatic heterocycles. The van der Waals surface area contributed by atoms with E-state index in [9.17, 15) is 9.59 Å². The molecule has 0 radical (unpaired) electrons. The maximum atomic E-state index is 13.3. The first kappa shape index (κ1) is 18.2. The summed E-state index contributed by atoms with van der Waals surface area (Å²) in [6.07, 6.45) is 9.01. The summed E-state index contributed by atoms with van der Waals surface area (Å²) in [7, 11) is 3.45. The third kappa shape index (κ3) is 2.62. The molecule has 7 heteroatoms. The van der Waals surface area contributed by atoms with Crippen LogP contribution in [-0.2, 0) is 19.7 Å². The van der Waals surface area contributed by atoms with Crippen molar-refractivity contribution in [1.29, 1.82) is 0 Å². The van der Waals surface area contributed by atoms with Gasteiger partial charge in [0.2, 0.25) is 11.8 Å². The number of carbonyl (C=O) groups excluding carboxylic acids is 2. The topological polar surface area (TPSA) is 67.7 Å². The Labute approximate surface area is 166 Å². The summed E-state index contributed by atoms with van der Waals surface area (Å²) in [5.41, 5.74) is 1.30. The highest BCUT2D eigenvalue weighted by Gasteiger charge is 2.65. The lowest BCUT2D eigenvalue weighted by molar-refractivity contribution is -0.160. The number of amides is 2. The predicted octanol–water partition coefficient (Wildman–Crippen LogP) is 1.59. The van der Waals surface area contributed by atoms with Gasteiger partial charge in [-0.1, -0.05) is 0 Å². The van der Waals surface area contributed by atoms with Gasteiger partial charge in [0.1, 0.15) is 6.61 Å². The van der Waals surface area contributed by atoms with Gasteiger partial charge in [0.25, 0.3) is 0 Å². The molecule has 28 heavy (non-hydrogen) atoms. The van der Waals surface area contributed by atoms with Gasteiger partial charge in [0.05, 0.1) is 18.1 Å². The molecule has 2 heterocycles. The number of hydrogen-bond donors (Lipinski definition) is 0. The molecule has 1 saturated heterocycles. The van der Waals surface area contributed by atoms with E-state index in [2.05, 4.69) is 15.8 Å². The third-order valence-corrected chi connectivity index (χ3v) is 7.62. The van der Waals surface area contributed by atoms with Crippen molar-refractivity contribution < 1.29 is 14.3 Å². The Morgan fingerprint density at radius 2 is 2.07 bits per heavy atom. The van der Waals surface area contributed by atoms with Crippen molar-refractivity contribution in [3.05, 3.63) is 18.0 Å². The van der Waals surface area contributed by atoms with Crippen LogP contribution >= 0.6 is 0 Å². The minimum absolute atomic E-state index is 0.000667. The molecule has 0 aromatic carbocycles. The lowest BCUT2D eigenvalue weighted by Crippen LogP contribution is -2.62. The lowest BCUT2D eigenvalue weighted by Gasteiger charge is -2.51. The maximum Gasteiger partial charge on any atom is 0.248 e. The van der Waals surface area contributed by atoms with Crippen LogP contribution in [0, 0.1) is 11.8 Å². The number of ether oxygens (including phenoxy) is 1. The second-order valence-electron chi connectivity index (χ2n) is 9.35. The summed E-state index contributed by atoms with van der Waals surface area (Å²) < 4.78 is 7.89. The molecule has 3 unspecified atom stereocenters. The van der Waals surface area contributed by atoms with Gasteiger partial charge in [-0.2, -0.15) is 5.10 Å². The van der Waals surface area contributed by atoms with Crippen LogP contribution in [0.25, 0.3) is 0 Å². The highest BCUT2D eigenvalue weighted by atomic mass is 16.5. The zero-order valence-electron chi connectivity index (χ0n) is 16.8. The second-order valence-corrected chi connectivity index (χ2v) is 9.35. The normalized spacial score (nSPS) is 31.9. The minimum Gasteiger partial charge on any atom is -0.365 e. The monoisotopic (exact) mass is 386 g/mol. The van der Waals surface area contributed by atoms with E-state index in [4.69, 9.17) is 4.74 Å². The quantitative estimate of drug-likeness (QED) is 0.745. The number of aromatic nitrogens is 2. The van der Waals surface area contributed by atoms with Crippen LogP contribution in [0.4, 0.5) is 0 Å². The largest absolute Gasteiger partial charge is 0.365 e. The Kier molecular flexibility index (Phi) is 4.27. The SMILES string of the molecule is CN(C)C(=O)COC1CN(C(=O)C2C3CCC2(c2ccnn2C2CCC2)C3)C1. The molecule has 152 valence electrons. The Hall–Kier alpha value is -1.89. The fraction of sp³-hybridized carbons (Fsp3) is 0.762. The van der Waals surface area contributed by atoms with Gasteiger partial charge in [0, 0.05) is 44.5 Å². The summed E-state index contributed by atoms with van der Waals surface area (Å²) >= 11 is 0. The van der Waals surface area contributed by atoms with Crippen molar-refractivity contribution in [1.82, 2.24) is 19.6 Å². The van der Waals surface area contributed by atoms with E-state index in [0.29, 0.717) is 25.0 Å². The molecular formula is C21H30N4O3. The van der Waals surface area contributed by atoms with Gasteiger partial charge in [0.15, 0.2) is 0 Å². The fourth-order valence-corrected chi connectivity index (χ4v) is 5.67. The van der Waals surface area contributed by atoms with Crippen LogP contribution in [0.1, 0.15) is 50.3 Å². The first-order valence-corrected chi connectivity index (χ1v) is 10.6. The average molecular weight is 386 g/mol. The molecule has 6 rings (SSSR count). The fourth-order valence-electron chi connectivity index (χ4n) is 5.67. The van der Waals surface area contributed by atoms with Crippen molar-refractivity contribution in [2.45, 2.75) is 56.1 Å². The molecule has 4 aliphatic carbocycles. The molecule has 0 N–H and O–H groups in total. The molecular weight excluding hydrogens is 356 g/mol. The van der Waals surface area contributed by atoms with Crippen molar-refractivity contribution >= 4 is 11.8 Å². The molecule has 2 amide bonds. The van der Waals surface area contributed by atoms with E-state index < -0.39 is 0 Å². The van der Waals surface area contributed by atoms with E-state index >= 15 is 0 Å². The standard InChI is InChI=1S/C21H30N4O3/c1-23(2)18(26)13-28-16-11-24(12-16)20(27)19-14-6-8-21(19,10-14)17-7-9-22-25(17)15-4-3-5-15/h7,9,14-16,19H,3-6,8,10-13H2,1-2H3. The van der Waals surface area contributed by atoms with Gasteiger partial charge in [-0.15, -0.1) is 0 Å². The van der Waals surface area contributed by atoms with Gasteiger partial charge < -0.3 is 14.5 Å². The zero-order chi connectivity index (χ0) is 19.5. The third-order valence-electron chi connectivity index (χ3n) is 7.62. The number of carbonyl (C=O) groups is 2. The maximum absolute atomic E-state index is 13.3. The molecule has 1 aliphatic heterocycles. The average Bonchev–Trinajstić information content (AvgIpc) is 3.25. The smallest absolute Gasteiger partial charge is 0.248 e. The van der Waals surface area contributed by atoms with Crippen molar-refractivity contribution in [3.63, 3.8) is 0 Å². The van der Waals surface area contributed by atoms with Crippen molar-refractivity contribution in [3.8, 4) is 0 Å². The van der Waals surface area contributed by atoms with Gasteiger partial charge in [-0.05, 0) is 50.5 Å². The van der Waals surface area contributed by atoms with E-state index in [1.165, 1.54) is 29.9 Å². The Morgan fingerprint density at radius 3 is 2.71 bits per heavy atom. The van der Waals surface area contributed by atoms with Crippen molar-refractivity contribution in [2.75, 3.05) is 33.8 Å². The van der Waals surface area contributed by atoms with Gasteiger partial charge in [-0.3, -0.25) is 14.3 Å². The summed E-state index contributed by atoms with van der Waals surface area (Å²) in [5.74, 6) is 0.874. The summed E-state index contributed by atoms with van der Waals surface area (Å²) in [4.78, 5) is 28.4. The van der Waals surface area contributed by atoms with E-state index in [1.807, 2.05) is 11.1 Å². The van der Waals surface area contributed by atoms with Crippen LogP contribution < -0.4 is 0 Å². The Bertz CT molecular complexity index is 776. The molecule has 5 fully saturated rings. The van der Waals surface area contributed by atoms with Crippen LogP contribution in [0.5, 0.6) is 0 Å². The summed E-state index contributed by atoms with van der Waals surface area (Å²) in [6, 6.07) is 2.69. The lowest BCUT2D eigenvalue weighted by atomic mass is 9.57. The molecule has 7 nitrogen and oxygen atoms in total. The first-order chi connectivity index (χ1) is 13.5. The van der Waals surface area contributed by atoms with Crippen LogP contribution in [0.3, 0.4) is 0 Å². The number of likely N-dealkylation sites (tertiary alicyclic amines) is 1. The van der Waals surface area contributed by atoms with E-state index in [1.54, 1.807) is 14.1 Å². The van der Waals surface area contributed by atoms with Gasteiger partial charge in [-0.25, -0.2) is 0 Å². The number of hydrogen-bond acceptors (Lipinski definition) is 4. The summed E-state index contributed by atoms with van der Waals surface area (Å²) in [5, 5.41) is 4.63. The number of fused-ring (bicyclic) bond motifs is 1. The zero-order valence-corrected chi connectivity index (χ0v) is 16.8. The highest BCUT2D eigenvalue weighted by molar-refractivity contribution is 5.84. The predicted molar refractivity (Wildman–Crippen MR) is 103 cm³/mol. The Morgan fingerprint density at radius 1 is 1.29 bits per heavy atom. The molecule has 4 saturated carbocycles. The molecule has 3 atom stereocenters. The summed E-state index contributed by atoms with van der Waals surface area (Å²) in [6.45, 7) is 1.32. The highest BCUT2D eigenvalue weighted by Crippen LogP contribution is 2.65. The van der Waals surface area contributed by atoms with Crippen LogP contribution in [-0.4, -0.2) is 71.3 Å². The van der Waals surface area contributed by atoms with Gasteiger partial charge >= 0.3 is 0 Å². The molecule has 0 spiro atoms. The Balaban J connectivity index is 1.23.